The molecule has 1 aromatic carbocycles. The molecule has 5 heteroatoms. The van der Waals surface area contributed by atoms with Crippen molar-refractivity contribution in [2.24, 2.45) is 5.92 Å². The molecule has 1 heterocycles. The molecular formula is C20H26N4O. The lowest BCUT2D eigenvalue weighted by molar-refractivity contribution is 0.166. The molecule has 4 rings (SSSR count). The number of hydrogen-bond acceptors (Lipinski definition) is 2. The van der Waals surface area contributed by atoms with Crippen LogP contribution >= 0.6 is 0 Å². The van der Waals surface area contributed by atoms with E-state index in [1.54, 1.807) is 6.20 Å². The van der Waals surface area contributed by atoms with Crippen LogP contribution in [0.2, 0.25) is 0 Å². The molecule has 2 amide bonds. The molecule has 2 aromatic rings. The van der Waals surface area contributed by atoms with E-state index in [4.69, 9.17) is 0 Å². The average molecular weight is 338 g/mol. The first-order chi connectivity index (χ1) is 12.2. The van der Waals surface area contributed by atoms with Gasteiger partial charge in [0.25, 0.3) is 0 Å². The minimum Gasteiger partial charge on any atom is -0.334 e. The maximum Gasteiger partial charge on any atom is 0.318 e. The van der Waals surface area contributed by atoms with Crippen LogP contribution in [-0.4, -0.2) is 32.8 Å². The van der Waals surface area contributed by atoms with E-state index in [0.717, 1.165) is 24.9 Å². The van der Waals surface area contributed by atoms with Gasteiger partial charge in [0, 0.05) is 31.0 Å². The number of nitrogens with zero attached hydrogens (tertiary/aromatic N) is 3. The van der Waals surface area contributed by atoms with Crippen LogP contribution in [-0.2, 0) is 13.1 Å². The predicted molar refractivity (Wildman–Crippen MR) is 97.1 cm³/mol. The molecule has 2 fully saturated rings. The highest BCUT2D eigenvalue weighted by Crippen LogP contribution is 2.39. The summed E-state index contributed by atoms with van der Waals surface area (Å²) in [6.07, 6.45) is 8.61. The number of nitrogens with one attached hydrogen (secondary N) is 1. The Kier molecular flexibility index (Phi) is 4.47. The zero-order chi connectivity index (χ0) is 17.2. The summed E-state index contributed by atoms with van der Waals surface area (Å²) in [7, 11) is 0. The van der Waals surface area contributed by atoms with E-state index < -0.39 is 0 Å². The minimum absolute atomic E-state index is 0.0996. The highest BCUT2D eigenvalue weighted by Gasteiger charge is 2.41. The molecule has 0 bridgehead atoms. The Morgan fingerprint density at radius 2 is 1.96 bits per heavy atom. The number of carbonyl (C=O) groups is 1. The third-order valence-electron chi connectivity index (χ3n) is 5.29. The van der Waals surface area contributed by atoms with Crippen molar-refractivity contribution < 1.29 is 4.79 Å². The summed E-state index contributed by atoms with van der Waals surface area (Å²) in [6.45, 7) is 3.56. The van der Waals surface area contributed by atoms with Gasteiger partial charge >= 0.3 is 6.03 Å². The predicted octanol–water partition coefficient (Wildman–Crippen LogP) is 3.40. The Hall–Kier alpha value is -2.30. The molecule has 2 saturated carbocycles. The van der Waals surface area contributed by atoms with Gasteiger partial charge in [0.2, 0.25) is 0 Å². The molecular weight excluding hydrogens is 312 g/mol. The second-order valence-corrected chi connectivity index (χ2v) is 7.40. The Labute approximate surface area is 149 Å². The number of carbonyl (C=O) groups excluding carboxylic acids is 1. The fourth-order valence-electron chi connectivity index (χ4n) is 3.45. The van der Waals surface area contributed by atoms with Gasteiger partial charge in [0.1, 0.15) is 0 Å². The van der Waals surface area contributed by atoms with E-state index in [2.05, 4.69) is 46.5 Å². The standard InChI is InChI=1S/C20H26N4O/c1-15(18-7-8-18)24(19-9-10-19)20(25)21-13-16-3-5-17(6-4-16)14-23-12-2-11-22-23/h2-6,11-12,15,18-19H,7-10,13-14H2,1H3,(H,21,25)/t15-/m1/s1. The Balaban J connectivity index is 1.31. The molecule has 0 aliphatic heterocycles. The van der Waals surface area contributed by atoms with Gasteiger partial charge in [-0.3, -0.25) is 4.68 Å². The van der Waals surface area contributed by atoms with Crippen molar-refractivity contribution in [3.05, 3.63) is 53.9 Å². The molecule has 1 aromatic heterocycles. The molecule has 0 saturated heterocycles. The van der Waals surface area contributed by atoms with Crippen LogP contribution in [0.4, 0.5) is 4.79 Å². The highest BCUT2D eigenvalue weighted by molar-refractivity contribution is 5.75. The van der Waals surface area contributed by atoms with E-state index in [1.165, 1.54) is 18.4 Å². The summed E-state index contributed by atoms with van der Waals surface area (Å²) in [4.78, 5) is 14.8. The Morgan fingerprint density at radius 3 is 2.56 bits per heavy atom. The molecule has 1 N–H and O–H groups in total. The summed E-state index contributed by atoms with van der Waals surface area (Å²) in [5.74, 6) is 0.716. The van der Waals surface area contributed by atoms with Gasteiger partial charge in [0.15, 0.2) is 0 Å². The zero-order valence-corrected chi connectivity index (χ0v) is 14.8. The fourth-order valence-corrected chi connectivity index (χ4v) is 3.45. The van der Waals surface area contributed by atoms with E-state index in [1.807, 2.05) is 16.9 Å². The van der Waals surface area contributed by atoms with E-state index in [0.29, 0.717) is 24.5 Å². The van der Waals surface area contributed by atoms with Crippen molar-refractivity contribution in [3.8, 4) is 0 Å². The normalized spacial score (nSPS) is 18.0. The van der Waals surface area contributed by atoms with Crippen LogP contribution in [0.3, 0.4) is 0 Å². The average Bonchev–Trinajstić information content (AvgIpc) is 3.54. The van der Waals surface area contributed by atoms with Crippen molar-refractivity contribution in [2.75, 3.05) is 0 Å². The first kappa shape index (κ1) is 16.2. The summed E-state index contributed by atoms with van der Waals surface area (Å²) in [5, 5.41) is 7.34. The SMILES string of the molecule is C[C@H](C1CC1)N(C(=O)NCc1ccc(Cn2cccn2)cc1)C1CC1. The van der Waals surface area contributed by atoms with Crippen LogP contribution in [0.1, 0.15) is 43.7 Å². The van der Waals surface area contributed by atoms with Crippen molar-refractivity contribution in [1.82, 2.24) is 20.0 Å². The zero-order valence-electron chi connectivity index (χ0n) is 14.8. The number of urea groups is 1. The van der Waals surface area contributed by atoms with Crippen molar-refractivity contribution in [1.29, 1.82) is 0 Å². The van der Waals surface area contributed by atoms with Gasteiger partial charge < -0.3 is 10.2 Å². The van der Waals surface area contributed by atoms with Gasteiger partial charge in [-0.05, 0) is 55.7 Å². The first-order valence-electron chi connectivity index (χ1n) is 9.32. The lowest BCUT2D eigenvalue weighted by atomic mass is 10.1. The Bertz CT molecular complexity index is 702. The van der Waals surface area contributed by atoms with E-state index in [-0.39, 0.29) is 6.03 Å². The second-order valence-electron chi connectivity index (χ2n) is 7.40. The molecule has 2 aliphatic carbocycles. The topological polar surface area (TPSA) is 50.2 Å². The van der Waals surface area contributed by atoms with Crippen molar-refractivity contribution in [3.63, 3.8) is 0 Å². The molecule has 5 nitrogen and oxygen atoms in total. The smallest absolute Gasteiger partial charge is 0.318 e. The van der Waals surface area contributed by atoms with Gasteiger partial charge in [-0.2, -0.15) is 5.10 Å². The van der Waals surface area contributed by atoms with Crippen LogP contribution in [0, 0.1) is 5.92 Å². The van der Waals surface area contributed by atoms with E-state index >= 15 is 0 Å². The Morgan fingerprint density at radius 1 is 1.24 bits per heavy atom. The third kappa shape index (κ3) is 4.03. The summed E-state index contributed by atoms with van der Waals surface area (Å²) in [5.41, 5.74) is 2.34. The quantitative estimate of drug-likeness (QED) is 0.841. The molecule has 25 heavy (non-hydrogen) atoms. The molecule has 132 valence electrons. The molecule has 0 radical (unpaired) electrons. The van der Waals surface area contributed by atoms with Crippen LogP contribution in [0.5, 0.6) is 0 Å². The minimum atomic E-state index is 0.0996. The van der Waals surface area contributed by atoms with Crippen molar-refractivity contribution in [2.45, 2.75) is 57.8 Å². The lowest BCUT2D eigenvalue weighted by Crippen LogP contribution is -2.47. The van der Waals surface area contributed by atoms with E-state index in [9.17, 15) is 4.79 Å². The van der Waals surface area contributed by atoms with Crippen LogP contribution in [0.25, 0.3) is 0 Å². The number of rotatable bonds is 7. The lowest BCUT2D eigenvalue weighted by Gasteiger charge is -2.29. The van der Waals surface area contributed by atoms with Gasteiger partial charge in [-0.15, -0.1) is 0 Å². The largest absolute Gasteiger partial charge is 0.334 e. The van der Waals surface area contributed by atoms with Crippen molar-refractivity contribution >= 4 is 6.03 Å². The first-order valence-corrected chi connectivity index (χ1v) is 9.32. The molecule has 0 unspecified atom stereocenters. The maximum atomic E-state index is 12.7. The molecule has 2 aliphatic rings. The third-order valence-corrected chi connectivity index (χ3v) is 5.29. The number of benzene rings is 1. The summed E-state index contributed by atoms with van der Waals surface area (Å²) < 4.78 is 1.91. The summed E-state index contributed by atoms with van der Waals surface area (Å²) >= 11 is 0. The molecule has 1 atom stereocenters. The monoisotopic (exact) mass is 338 g/mol. The summed E-state index contributed by atoms with van der Waals surface area (Å²) in [6, 6.07) is 11.3. The van der Waals surface area contributed by atoms with Gasteiger partial charge in [0.05, 0.1) is 6.54 Å². The maximum absolute atomic E-state index is 12.7. The van der Waals surface area contributed by atoms with Gasteiger partial charge in [-0.1, -0.05) is 24.3 Å². The number of aromatic nitrogens is 2. The second kappa shape index (κ2) is 6.90. The van der Waals surface area contributed by atoms with Crippen LogP contribution in [0.15, 0.2) is 42.7 Å². The molecule has 0 spiro atoms. The highest BCUT2D eigenvalue weighted by atomic mass is 16.2. The number of amides is 2. The fraction of sp³-hybridized carbons (Fsp3) is 0.500. The van der Waals surface area contributed by atoms with Gasteiger partial charge in [-0.25, -0.2) is 4.79 Å². The van der Waals surface area contributed by atoms with Crippen LogP contribution < -0.4 is 5.32 Å². The number of hydrogen-bond donors (Lipinski definition) is 1.